The molecule has 0 bridgehead atoms. The molecule has 1 aromatic rings. The minimum Gasteiger partial charge on any atom is -0.487 e. The number of hydrogen-bond acceptors (Lipinski definition) is 2. The Balaban J connectivity index is 1.83. The van der Waals surface area contributed by atoms with Gasteiger partial charge in [-0.3, -0.25) is 0 Å². The zero-order valence-corrected chi connectivity index (χ0v) is 13.7. The lowest BCUT2D eigenvalue weighted by Gasteiger charge is -2.48. The van der Waals surface area contributed by atoms with Crippen molar-refractivity contribution in [1.29, 1.82) is 0 Å². The molecule has 3 rings (SSSR count). The molecule has 21 heavy (non-hydrogen) atoms. The lowest BCUT2D eigenvalue weighted by molar-refractivity contribution is -0.0295. The first-order valence-corrected chi connectivity index (χ1v) is 8.55. The molecule has 1 heterocycles. The Bertz CT molecular complexity index is 484. The Morgan fingerprint density at radius 3 is 2.57 bits per heavy atom. The highest BCUT2D eigenvalue weighted by molar-refractivity contribution is 5.39. The smallest absolute Gasteiger partial charge is 0.124 e. The molecule has 1 fully saturated rings. The second-order valence-electron chi connectivity index (χ2n) is 7.70. The highest BCUT2D eigenvalue weighted by Gasteiger charge is 2.44. The third-order valence-electron chi connectivity index (χ3n) is 5.35. The van der Waals surface area contributed by atoms with Crippen LogP contribution in [-0.4, -0.2) is 12.1 Å². The zero-order valence-electron chi connectivity index (χ0n) is 13.7. The third kappa shape index (κ3) is 3.11. The van der Waals surface area contributed by atoms with Crippen LogP contribution in [0.2, 0.25) is 0 Å². The summed E-state index contributed by atoms with van der Waals surface area (Å²) in [5.41, 5.74) is 1.90. The summed E-state index contributed by atoms with van der Waals surface area (Å²) in [5.74, 6) is 1.11. The van der Waals surface area contributed by atoms with Gasteiger partial charge >= 0.3 is 0 Å². The molecular formula is C19H29NO. The van der Waals surface area contributed by atoms with Gasteiger partial charge in [0.15, 0.2) is 0 Å². The van der Waals surface area contributed by atoms with E-state index in [2.05, 4.69) is 50.4 Å². The maximum atomic E-state index is 6.52. The second kappa shape index (κ2) is 5.64. The van der Waals surface area contributed by atoms with Crippen LogP contribution in [0, 0.1) is 5.41 Å². The molecule has 2 aliphatic rings. The molecule has 1 N–H and O–H groups in total. The molecule has 1 aliphatic carbocycles. The highest BCUT2D eigenvalue weighted by atomic mass is 16.5. The van der Waals surface area contributed by atoms with E-state index in [0.717, 1.165) is 18.7 Å². The van der Waals surface area contributed by atoms with Gasteiger partial charge in [-0.05, 0) is 50.1 Å². The van der Waals surface area contributed by atoms with Crippen LogP contribution in [-0.2, 0) is 0 Å². The number of nitrogens with one attached hydrogen (secondary N) is 1. The summed E-state index contributed by atoms with van der Waals surface area (Å²) >= 11 is 0. The van der Waals surface area contributed by atoms with Crippen LogP contribution in [0.15, 0.2) is 24.3 Å². The molecule has 1 unspecified atom stereocenters. The van der Waals surface area contributed by atoms with Gasteiger partial charge in [-0.1, -0.05) is 39.0 Å². The van der Waals surface area contributed by atoms with Crippen LogP contribution >= 0.6 is 0 Å². The molecule has 1 aromatic carbocycles. The van der Waals surface area contributed by atoms with Crippen molar-refractivity contribution in [3.05, 3.63) is 29.8 Å². The van der Waals surface area contributed by atoms with E-state index in [9.17, 15) is 0 Å². The molecule has 1 atom stereocenters. The van der Waals surface area contributed by atoms with E-state index in [1.165, 1.54) is 37.7 Å². The average Bonchev–Trinajstić information content (AvgIpc) is 2.48. The Kier molecular flexibility index (Phi) is 4.00. The minimum atomic E-state index is 0.0648. The monoisotopic (exact) mass is 287 g/mol. The molecule has 116 valence electrons. The number of rotatable bonds is 3. The van der Waals surface area contributed by atoms with Gasteiger partial charge in [0.2, 0.25) is 0 Å². The number of para-hydroxylation sites is 1. The summed E-state index contributed by atoms with van der Waals surface area (Å²) in [4.78, 5) is 0. The van der Waals surface area contributed by atoms with Gasteiger partial charge in [0.1, 0.15) is 11.4 Å². The first-order valence-electron chi connectivity index (χ1n) is 8.55. The maximum absolute atomic E-state index is 6.52. The normalized spacial score (nSPS) is 26.1. The van der Waals surface area contributed by atoms with Crippen molar-refractivity contribution in [2.75, 3.05) is 6.54 Å². The molecular weight excluding hydrogens is 258 g/mol. The summed E-state index contributed by atoms with van der Waals surface area (Å²) in [6, 6.07) is 9.06. The number of benzene rings is 1. The van der Waals surface area contributed by atoms with Crippen molar-refractivity contribution in [3.63, 3.8) is 0 Å². The van der Waals surface area contributed by atoms with Crippen molar-refractivity contribution in [2.45, 2.75) is 70.9 Å². The Hall–Kier alpha value is -1.02. The standard InChI is InChI=1S/C19H29NO/c1-4-13-20-16-14-19(11-9-18(2,3)10-12-19)21-17-8-6-5-7-15(16)17/h5-8,16,20H,4,9-14H2,1-3H3. The topological polar surface area (TPSA) is 21.3 Å². The number of fused-ring (bicyclic) bond motifs is 1. The summed E-state index contributed by atoms with van der Waals surface area (Å²) in [6.07, 6.45) is 7.24. The molecule has 0 radical (unpaired) electrons. The fourth-order valence-electron chi connectivity index (χ4n) is 3.81. The van der Waals surface area contributed by atoms with Crippen molar-refractivity contribution < 1.29 is 4.74 Å². The third-order valence-corrected chi connectivity index (χ3v) is 5.35. The van der Waals surface area contributed by atoms with E-state index < -0.39 is 0 Å². The predicted molar refractivity (Wildman–Crippen MR) is 87.7 cm³/mol. The maximum Gasteiger partial charge on any atom is 0.124 e. The zero-order chi connectivity index (χ0) is 14.9. The lowest BCUT2D eigenvalue weighted by atomic mass is 9.68. The van der Waals surface area contributed by atoms with Crippen LogP contribution in [0.1, 0.15) is 70.9 Å². The Morgan fingerprint density at radius 2 is 1.86 bits per heavy atom. The summed E-state index contributed by atoms with van der Waals surface area (Å²) in [5, 5.41) is 3.74. The Morgan fingerprint density at radius 1 is 1.14 bits per heavy atom. The first-order chi connectivity index (χ1) is 10.0. The fraction of sp³-hybridized carbons (Fsp3) is 0.684. The van der Waals surface area contributed by atoms with Gasteiger partial charge in [-0.15, -0.1) is 0 Å². The summed E-state index contributed by atoms with van der Waals surface area (Å²) < 4.78 is 6.52. The molecule has 0 aromatic heterocycles. The minimum absolute atomic E-state index is 0.0648. The van der Waals surface area contributed by atoms with E-state index in [-0.39, 0.29) is 5.60 Å². The second-order valence-corrected chi connectivity index (χ2v) is 7.70. The molecule has 1 saturated carbocycles. The van der Waals surface area contributed by atoms with E-state index in [1.54, 1.807) is 0 Å². The van der Waals surface area contributed by atoms with Crippen molar-refractivity contribution in [3.8, 4) is 5.75 Å². The fourth-order valence-corrected chi connectivity index (χ4v) is 3.81. The first kappa shape index (κ1) is 14.9. The van der Waals surface area contributed by atoms with Crippen molar-refractivity contribution in [2.24, 2.45) is 5.41 Å². The van der Waals surface area contributed by atoms with Crippen LogP contribution < -0.4 is 10.1 Å². The van der Waals surface area contributed by atoms with E-state index in [1.807, 2.05) is 0 Å². The number of ether oxygens (including phenoxy) is 1. The molecule has 2 nitrogen and oxygen atoms in total. The summed E-state index contributed by atoms with van der Waals surface area (Å²) in [7, 11) is 0. The lowest BCUT2D eigenvalue weighted by Crippen LogP contribution is -2.47. The summed E-state index contributed by atoms with van der Waals surface area (Å²) in [6.45, 7) is 8.10. The van der Waals surface area contributed by atoms with Crippen LogP contribution in [0.5, 0.6) is 5.75 Å². The quantitative estimate of drug-likeness (QED) is 0.858. The van der Waals surface area contributed by atoms with E-state index in [0.29, 0.717) is 11.5 Å². The van der Waals surface area contributed by atoms with Gasteiger partial charge in [0.05, 0.1) is 0 Å². The van der Waals surface area contributed by atoms with Gasteiger partial charge in [-0.2, -0.15) is 0 Å². The molecule has 2 heteroatoms. The average molecular weight is 287 g/mol. The molecule has 1 aliphatic heterocycles. The van der Waals surface area contributed by atoms with E-state index in [4.69, 9.17) is 4.74 Å². The Labute approximate surface area is 129 Å². The van der Waals surface area contributed by atoms with Gasteiger partial charge in [0.25, 0.3) is 0 Å². The van der Waals surface area contributed by atoms with Crippen LogP contribution in [0.25, 0.3) is 0 Å². The number of hydrogen-bond donors (Lipinski definition) is 1. The van der Waals surface area contributed by atoms with Gasteiger partial charge in [-0.25, -0.2) is 0 Å². The molecule has 1 spiro atoms. The van der Waals surface area contributed by atoms with Crippen molar-refractivity contribution >= 4 is 0 Å². The molecule has 0 amide bonds. The van der Waals surface area contributed by atoms with E-state index >= 15 is 0 Å². The SMILES string of the molecule is CCCNC1CC2(CCC(C)(C)CC2)Oc2ccccc21. The van der Waals surface area contributed by atoms with Crippen molar-refractivity contribution in [1.82, 2.24) is 5.32 Å². The van der Waals surface area contributed by atoms with Crippen LogP contribution in [0.3, 0.4) is 0 Å². The van der Waals surface area contributed by atoms with Gasteiger partial charge < -0.3 is 10.1 Å². The molecule has 0 saturated heterocycles. The largest absolute Gasteiger partial charge is 0.487 e. The predicted octanol–water partition coefficient (Wildman–Crippen LogP) is 4.85. The van der Waals surface area contributed by atoms with Gasteiger partial charge in [0, 0.05) is 18.0 Å². The highest BCUT2D eigenvalue weighted by Crippen LogP contribution is 2.49. The van der Waals surface area contributed by atoms with Crippen LogP contribution in [0.4, 0.5) is 0 Å².